The molecule has 2 N–H and O–H groups in total. The monoisotopic (exact) mass is 399 g/mol. The van der Waals surface area contributed by atoms with Gasteiger partial charge in [0.1, 0.15) is 13.2 Å². The third-order valence-corrected chi connectivity index (χ3v) is 4.24. The zero-order valence-electron chi connectivity index (χ0n) is 14.4. The Hall–Kier alpha value is -3.59. The standard InChI is InChI=1S/C18H14ClN5O4/c19-12-3-1-2-4-14(12)24-10-13(20-23-24)18(26)22-21-17(25)11-5-6-15-16(9-11)28-8-7-27-15/h1-6,9-10H,7-8H2,(H,21,25)(H,22,26). The van der Waals surface area contributed by atoms with Gasteiger partial charge in [-0.15, -0.1) is 5.10 Å². The fourth-order valence-corrected chi connectivity index (χ4v) is 2.78. The molecule has 0 saturated heterocycles. The number of benzene rings is 2. The Kier molecular flexibility index (Phi) is 4.81. The molecule has 0 saturated carbocycles. The van der Waals surface area contributed by atoms with Crippen molar-refractivity contribution in [2.45, 2.75) is 0 Å². The van der Waals surface area contributed by atoms with Crippen LogP contribution in [0.15, 0.2) is 48.7 Å². The summed E-state index contributed by atoms with van der Waals surface area (Å²) in [5.74, 6) is -0.0797. The predicted octanol–water partition coefficient (Wildman–Crippen LogP) is 1.77. The molecule has 0 atom stereocenters. The summed E-state index contributed by atoms with van der Waals surface area (Å²) in [7, 11) is 0. The molecular weight excluding hydrogens is 386 g/mol. The van der Waals surface area contributed by atoms with E-state index in [4.69, 9.17) is 21.1 Å². The maximum absolute atomic E-state index is 12.3. The molecule has 10 heteroatoms. The molecule has 0 spiro atoms. The number of aromatic nitrogens is 3. The molecular formula is C18H14ClN5O4. The van der Waals surface area contributed by atoms with Gasteiger partial charge in [-0.25, -0.2) is 4.68 Å². The topological polar surface area (TPSA) is 107 Å². The summed E-state index contributed by atoms with van der Waals surface area (Å²) in [6.07, 6.45) is 1.41. The molecule has 2 heterocycles. The molecule has 2 amide bonds. The summed E-state index contributed by atoms with van der Waals surface area (Å²) in [4.78, 5) is 24.5. The fourth-order valence-electron chi connectivity index (χ4n) is 2.56. The van der Waals surface area contributed by atoms with Gasteiger partial charge in [-0.05, 0) is 30.3 Å². The van der Waals surface area contributed by atoms with Crippen LogP contribution in [0.1, 0.15) is 20.8 Å². The number of nitrogens with zero attached hydrogens (tertiary/aromatic N) is 3. The van der Waals surface area contributed by atoms with E-state index in [0.29, 0.717) is 41.0 Å². The van der Waals surface area contributed by atoms with Crippen LogP contribution >= 0.6 is 11.6 Å². The van der Waals surface area contributed by atoms with Gasteiger partial charge >= 0.3 is 0 Å². The molecule has 0 radical (unpaired) electrons. The molecule has 1 aliphatic rings. The number of hydrogen-bond acceptors (Lipinski definition) is 6. The van der Waals surface area contributed by atoms with Crippen molar-refractivity contribution in [3.05, 3.63) is 64.9 Å². The molecule has 1 aromatic heterocycles. The van der Waals surface area contributed by atoms with E-state index in [9.17, 15) is 9.59 Å². The summed E-state index contributed by atoms with van der Waals surface area (Å²) >= 11 is 6.10. The quantitative estimate of drug-likeness (QED) is 0.650. The highest BCUT2D eigenvalue weighted by atomic mass is 35.5. The van der Waals surface area contributed by atoms with E-state index >= 15 is 0 Å². The van der Waals surface area contributed by atoms with Crippen LogP contribution in [-0.2, 0) is 0 Å². The molecule has 0 bridgehead atoms. The Bertz CT molecular complexity index is 1050. The lowest BCUT2D eigenvalue weighted by atomic mass is 10.2. The van der Waals surface area contributed by atoms with Crippen molar-refractivity contribution < 1.29 is 19.1 Å². The number of hydrazine groups is 1. The minimum Gasteiger partial charge on any atom is -0.486 e. The lowest BCUT2D eigenvalue weighted by Crippen LogP contribution is -2.41. The number of amides is 2. The zero-order chi connectivity index (χ0) is 19.5. The Labute approximate surface area is 164 Å². The highest BCUT2D eigenvalue weighted by Gasteiger charge is 2.17. The number of fused-ring (bicyclic) bond motifs is 1. The summed E-state index contributed by atoms with van der Waals surface area (Å²) in [5.41, 5.74) is 5.53. The first kappa shape index (κ1) is 17.8. The van der Waals surface area contributed by atoms with E-state index in [1.165, 1.54) is 10.9 Å². The largest absolute Gasteiger partial charge is 0.486 e. The number of carbonyl (C=O) groups excluding carboxylic acids is 2. The Morgan fingerprint density at radius 1 is 1.00 bits per heavy atom. The van der Waals surface area contributed by atoms with Crippen molar-refractivity contribution in [1.82, 2.24) is 25.8 Å². The zero-order valence-corrected chi connectivity index (χ0v) is 15.1. The average molecular weight is 400 g/mol. The van der Waals surface area contributed by atoms with Gasteiger partial charge in [0.15, 0.2) is 17.2 Å². The Balaban J connectivity index is 1.41. The number of para-hydroxylation sites is 1. The summed E-state index contributed by atoms with van der Waals surface area (Å²) in [5, 5.41) is 8.14. The van der Waals surface area contributed by atoms with E-state index in [-0.39, 0.29) is 5.69 Å². The maximum Gasteiger partial charge on any atom is 0.291 e. The van der Waals surface area contributed by atoms with E-state index in [0.717, 1.165) is 0 Å². The van der Waals surface area contributed by atoms with Gasteiger partial charge in [0.2, 0.25) is 0 Å². The summed E-state index contributed by atoms with van der Waals surface area (Å²) < 4.78 is 12.2. The highest BCUT2D eigenvalue weighted by Crippen LogP contribution is 2.30. The SMILES string of the molecule is O=C(NNC(=O)c1cn(-c2ccccc2Cl)nn1)c1ccc2c(c1)OCCO2. The molecule has 9 nitrogen and oxygen atoms in total. The highest BCUT2D eigenvalue weighted by molar-refractivity contribution is 6.32. The number of nitrogens with one attached hydrogen (secondary N) is 2. The first-order valence-corrected chi connectivity index (χ1v) is 8.67. The van der Waals surface area contributed by atoms with Gasteiger partial charge in [0.25, 0.3) is 11.8 Å². The van der Waals surface area contributed by atoms with Crippen LogP contribution < -0.4 is 20.3 Å². The second-order valence-corrected chi connectivity index (χ2v) is 6.17. The predicted molar refractivity (Wildman–Crippen MR) is 98.7 cm³/mol. The van der Waals surface area contributed by atoms with Crippen molar-refractivity contribution in [3.63, 3.8) is 0 Å². The van der Waals surface area contributed by atoms with Crippen LogP contribution in [0.4, 0.5) is 0 Å². The van der Waals surface area contributed by atoms with E-state index in [2.05, 4.69) is 21.2 Å². The lowest BCUT2D eigenvalue weighted by molar-refractivity contribution is 0.0843. The molecule has 0 fully saturated rings. The van der Waals surface area contributed by atoms with Crippen molar-refractivity contribution in [2.75, 3.05) is 13.2 Å². The van der Waals surface area contributed by atoms with E-state index < -0.39 is 11.8 Å². The molecule has 0 unspecified atom stereocenters. The molecule has 0 aliphatic carbocycles. The Morgan fingerprint density at radius 3 is 2.57 bits per heavy atom. The maximum atomic E-state index is 12.3. The van der Waals surface area contributed by atoms with Gasteiger partial charge in [-0.2, -0.15) is 0 Å². The number of ether oxygens (including phenoxy) is 2. The van der Waals surface area contributed by atoms with Crippen LogP contribution in [0, 0.1) is 0 Å². The van der Waals surface area contributed by atoms with Gasteiger partial charge < -0.3 is 9.47 Å². The average Bonchev–Trinajstić information content (AvgIpc) is 3.22. The summed E-state index contributed by atoms with van der Waals surface area (Å²) in [6.45, 7) is 0.874. The number of carbonyl (C=O) groups is 2. The lowest BCUT2D eigenvalue weighted by Gasteiger charge is -2.18. The van der Waals surface area contributed by atoms with Crippen LogP contribution in [0.25, 0.3) is 5.69 Å². The van der Waals surface area contributed by atoms with Crippen LogP contribution in [0.3, 0.4) is 0 Å². The molecule has 1 aliphatic heterocycles. The van der Waals surface area contributed by atoms with E-state index in [1.54, 1.807) is 42.5 Å². The first-order valence-electron chi connectivity index (χ1n) is 8.29. The normalized spacial score (nSPS) is 12.3. The number of halogens is 1. The third kappa shape index (κ3) is 3.60. The number of rotatable bonds is 3. The van der Waals surface area contributed by atoms with Gasteiger partial charge in [0, 0.05) is 5.56 Å². The molecule has 28 heavy (non-hydrogen) atoms. The van der Waals surface area contributed by atoms with Crippen LogP contribution in [0.5, 0.6) is 11.5 Å². The Morgan fingerprint density at radius 2 is 1.75 bits per heavy atom. The van der Waals surface area contributed by atoms with Gasteiger partial charge in [-0.3, -0.25) is 20.4 Å². The van der Waals surface area contributed by atoms with Gasteiger partial charge in [0.05, 0.1) is 16.9 Å². The molecule has 142 valence electrons. The van der Waals surface area contributed by atoms with Crippen molar-refractivity contribution in [2.24, 2.45) is 0 Å². The second-order valence-electron chi connectivity index (χ2n) is 5.77. The van der Waals surface area contributed by atoms with Gasteiger partial charge in [-0.1, -0.05) is 28.9 Å². The molecule has 2 aromatic carbocycles. The van der Waals surface area contributed by atoms with Crippen molar-refractivity contribution in [1.29, 1.82) is 0 Å². The summed E-state index contributed by atoms with van der Waals surface area (Å²) in [6, 6.07) is 11.8. The van der Waals surface area contributed by atoms with Crippen LogP contribution in [-0.4, -0.2) is 40.0 Å². The first-order chi connectivity index (χ1) is 13.6. The van der Waals surface area contributed by atoms with Crippen molar-refractivity contribution in [3.8, 4) is 17.2 Å². The van der Waals surface area contributed by atoms with Crippen molar-refractivity contribution >= 4 is 23.4 Å². The van der Waals surface area contributed by atoms with Crippen LogP contribution in [0.2, 0.25) is 5.02 Å². The molecule has 3 aromatic rings. The third-order valence-electron chi connectivity index (χ3n) is 3.92. The smallest absolute Gasteiger partial charge is 0.291 e. The minimum atomic E-state index is -0.621. The fraction of sp³-hybridized carbons (Fsp3) is 0.111. The minimum absolute atomic E-state index is 0.0161. The second kappa shape index (κ2) is 7.57. The van der Waals surface area contributed by atoms with E-state index in [1.807, 2.05) is 0 Å². The molecule has 4 rings (SSSR count). The number of hydrogen-bond donors (Lipinski definition) is 2.